The van der Waals surface area contributed by atoms with Crippen LogP contribution < -0.4 is 5.73 Å². The van der Waals surface area contributed by atoms with Gasteiger partial charge in [0.1, 0.15) is 0 Å². The normalized spacial score (nSPS) is 17.3. The summed E-state index contributed by atoms with van der Waals surface area (Å²) in [7, 11) is 0. The zero-order valence-corrected chi connectivity index (χ0v) is 11.6. The first-order chi connectivity index (χ1) is 9.09. The smallest absolute Gasteiger partial charge is 0.324 e. The zero-order valence-electron chi connectivity index (χ0n) is 10.8. The number of hydrogen-bond acceptors (Lipinski definition) is 1. The van der Waals surface area contributed by atoms with Gasteiger partial charge in [0.2, 0.25) is 0 Å². The van der Waals surface area contributed by atoms with Crippen molar-refractivity contribution in [1.82, 2.24) is 0 Å². The molecule has 1 nitrogen and oxygen atoms in total. The molecule has 1 atom stereocenters. The van der Waals surface area contributed by atoms with Gasteiger partial charge < -0.3 is 5.73 Å². The van der Waals surface area contributed by atoms with Crippen molar-refractivity contribution in [3.05, 3.63) is 34.9 Å². The van der Waals surface area contributed by atoms with Gasteiger partial charge in [-0.1, -0.05) is 12.8 Å². The summed E-state index contributed by atoms with van der Waals surface area (Å²) in [5.41, 5.74) is 3.02. The molecule has 0 unspecified atom stereocenters. The van der Waals surface area contributed by atoms with Gasteiger partial charge in [0.05, 0.1) is 11.1 Å². The predicted molar refractivity (Wildman–Crippen MR) is 68.0 cm³/mol. The fraction of sp³-hybridized carbons (Fsp3) is 0.538. The lowest BCUT2D eigenvalue weighted by Crippen LogP contribution is -2.19. The Morgan fingerprint density at radius 1 is 1.05 bits per heavy atom. The molecule has 1 aliphatic rings. The summed E-state index contributed by atoms with van der Waals surface area (Å²) in [6, 6.07) is 0.401. The van der Waals surface area contributed by atoms with Crippen LogP contribution in [-0.4, -0.2) is 0 Å². The molecule has 8 heteroatoms. The van der Waals surface area contributed by atoms with Crippen molar-refractivity contribution in [3.63, 3.8) is 0 Å². The molecule has 1 aromatic rings. The highest BCUT2D eigenvalue weighted by Crippen LogP contribution is 2.42. The highest BCUT2D eigenvalue weighted by Gasteiger charge is 2.38. The summed E-state index contributed by atoms with van der Waals surface area (Å²) >= 11 is 0. The number of hydrogen-bond donors (Lipinski definition) is 1. The molecule has 1 saturated carbocycles. The molecule has 0 aliphatic heterocycles. The van der Waals surface area contributed by atoms with Gasteiger partial charge >= 0.3 is 12.4 Å². The number of halogens is 7. The largest absolute Gasteiger partial charge is 0.416 e. The van der Waals surface area contributed by atoms with Crippen molar-refractivity contribution < 1.29 is 26.3 Å². The standard InChI is InChI=1S/C13H13F6N.ClH/c14-12(15,16)8-3-4-10(13(17,18)19)9(6-8)11(20)5-7-1-2-7;/h3-4,6-7,11H,1-2,5,20H2;1H/t11-;/m1./s1. The second-order valence-electron chi connectivity index (χ2n) is 5.08. The fourth-order valence-corrected chi connectivity index (χ4v) is 2.14. The van der Waals surface area contributed by atoms with Crippen LogP contribution in [0.5, 0.6) is 0 Å². The molecular weight excluding hydrogens is 320 g/mol. The number of benzene rings is 1. The number of nitrogens with two attached hydrogens (primary N) is 1. The third-order valence-corrected chi connectivity index (χ3v) is 3.37. The van der Waals surface area contributed by atoms with E-state index in [9.17, 15) is 26.3 Å². The van der Waals surface area contributed by atoms with Crippen molar-refractivity contribution in [2.24, 2.45) is 11.7 Å². The lowest BCUT2D eigenvalue weighted by Gasteiger charge is -2.20. The highest BCUT2D eigenvalue weighted by molar-refractivity contribution is 5.85. The average molecular weight is 334 g/mol. The maximum absolute atomic E-state index is 12.9. The second-order valence-corrected chi connectivity index (χ2v) is 5.08. The van der Waals surface area contributed by atoms with Crippen LogP contribution in [0.25, 0.3) is 0 Å². The third-order valence-electron chi connectivity index (χ3n) is 3.37. The minimum Gasteiger partial charge on any atom is -0.324 e. The summed E-state index contributed by atoms with van der Waals surface area (Å²) in [4.78, 5) is 0. The average Bonchev–Trinajstić information content (AvgIpc) is 3.09. The summed E-state index contributed by atoms with van der Waals surface area (Å²) < 4.78 is 76.4. The lowest BCUT2D eigenvalue weighted by atomic mass is 9.94. The number of rotatable bonds is 3. The van der Waals surface area contributed by atoms with E-state index in [0.717, 1.165) is 12.8 Å². The van der Waals surface area contributed by atoms with Gasteiger partial charge in [-0.25, -0.2) is 0 Å². The van der Waals surface area contributed by atoms with Crippen LogP contribution in [-0.2, 0) is 12.4 Å². The molecule has 0 spiro atoms. The van der Waals surface area contributed by atoms with E-state index in [2.05, 4.69) is 0 Å². The summed E-state index contributed by atoms with van der Waals surface area (Å²) in [6.45, 7) is 0. The maximum Gasteiger partial charge on any atom is 0.416 e. The van der Waals surface area contributed by atoms with Gasteiger partial charge in [-0.05, 0) is 36.1 Å². The van der Waals surface area contributed by atoms with Crippen LogP contribution >= 0.6 is 12.4 Å². The van der Waals surface area contributed by atoms with Gasteiger partial charge in [-0.15, -0.1) is 12.4 Å². The zero-order chi connectivity index (χ0) is 15.1. The fourth-order valence-electron chi connectivity index (χ4n) is 2.14. The van der Waals surface area contributed by atoms with E-state index in [1.54, 1.807) is 0 Å². The molecule has 0 bridgehead atoms. The molecule has 0 amide bonds. The van der Waals surface area contributed by atoms with E-state index in [1.165, 1.54) is 0 Å². The highest BCUT2D eigenvalue weighted by atomic mass is 35.5. The Labute approximate surface area is 123 Å². The maximum atomic E-state index is 12.9. The van der Waals surface area contributed by atoms with Gasteiger partial charge in [0.25, 0.3) is 0 Å². The minimum atomic E-state index is -4.71. The van der Waals surface area contributed by atoms with E-state index in [0.29, 0.717) is 18.2 Å². The molecule has 0 heterocycles. The van der Waals surface area contributed by atoms with Gasteiger partial charge in [0.15, 0.2) is 0 Å². The van der Waals surface area contributed by atoms with Crippen LogP contribution in [0, 0.1) is 5.92 Å². The third kappa shape index (κ3) is 4.51. The quantitative estimate of drug-likeness (QED) is 0.778. The Hall–Kier alpha value is -0.950. The van der Waals surface area contributed by atoms with E-state index >= 15 is 0 Å². The molecule has 1 aliphatic carbocycles. The Bertz CT molecular complexity index is 492. The summed E-state index contributed by atoms with van der Waals surface area (Å²) in [5.74, 6) is 0.223. The van der Waals surface area contributed by atoms with Crippen LogP contribution in [0.15, 0.2) is 18.2 Å². The topological polar surface area (TPSA) is 26.0 Å². The van der Waals surface area contributed by atoms with E-state index in [1.807, 2.05) is 0 Å². The molecule has 0 radical (unpaired) electrons. The van der Waals surface area contributed by atoms with Crippen LogP contribution in [0.2, 0.25) is 0 Å². The minimum absolute atomic E-state index is 0. The Morgan fingerprint density at radius 3 is 2.05 bits per heavy atom. The molecular formula is C13H14ClF6N. The van der Waals surface area contributed by atoms with Crippen LogP contribution in [0.1, 0.15) is 42.0 Å². The van der Waals surface area contributed by atoms with E-state index in [4.69, 9.17) is 5.73 Å². The molecule has 1 fully saturated rings. The van der Waals surface area contributed by atoms with Crippen molar-refractivity contribution in [2.45, 2.75) is 37.7 Å². The summed E-state index contributed by atoms with van der Waals surface area (Å²) in [5, 5.41) is 0. The van der Waals surface area contributed by atoms with Crippen molar-refractivity contribution >= 4 is 12.4 Å². The molecule has 21 heavy (non-hydrogen) atoms. The predicted octanol–water partition coefficient (Wildman–Crippen LogP) is 4.95. The second kappa shape index (κ2) is 6.04. The molecule has 1 aromatic carbocycles. The first-order valence-electron chi connectivity index (χ1n) is 6.13. The van der Waals surface area contributed by atoms with E-state index < -0.39 is 35.1 Å². The SMILES string of the molecule is Cl.N[C@H](CC1CC1)c1cc(C(F)(F)F)ccc1C(F)(F)F. The Kier molecular flexibility index (Phi) is 5.21. The first-order valence-corrected chi connectivity index (χ1v) is 6.13. The molecule has 0 saturated heterocycles. The monoisotopic (exact) mass is 333 g/mol. The molecule has 120 valence electrons. The molecule has 2 N–H and O–H groups in total. The van der Waals surface area contributed by atoms with Gasteiger partial charge in [-0.2, -0.15) is 26.3 Å². The summed E-state index contributed by atoms with van der Waals surface area (Å²) in [6.07, 6.45) is -7.37. The van der Waals surface area contributed by atoms with Crippen LogP contribution in [0.3, 0.4) is 0 Å². The molecule has 0 aromatic heterocycles. The van der Waals surface area contributed by atoms with Crippen molar-refractivity contribution in [1.29, 1.82) is 0 Å². The van der Waals surface area contributed by atoms with Gasteiger partial charge in [0, 0.05) is 6.04 Å². The van der Waals surface area contributed by atoms with Crippen molar-refractivity contribution in [2.75, 3.05) is 0 Å². The Balaban J connectivity index is 0.00000220. The lowest BCUT2D eigenvalue weighted by molar-refractivity contribution is -0.142. The van der Waals surface area contributed by atoms with Crippen molar-refractivity contribution in [3.8, 4) is 0 Å². The van der Waals surface area contributed by atoms with Gasteiger partial charge in [-0.3, -0.25) is 0 Å². The van der Waals surface area contributed by atoms with Crippen LogP contribution in [0.4, 0.5) is 26.3 Å². The Morgan fingerprint density at radius 2 is 1.62 bits per heavy atom. The first kappa shape index (κ1) is 18.1. The van der Waals surface area contributed by atoms with E-state index in [-0.39, 0.29) is 24.7 Å². The number of alkyl halides is 6. The molecule has 2 rings (SSSR count).